The van der Waals surface area contributed by atoms with Crippen LogP contribution in [0.5, 0.6) is 5.88 Å². The number of aryl methyl sites for hydroxylation is 2. The Balaban J connectivity index is 2.07. The number of thiazole rings is 1. The van der Waals surface area contributed by atoms with Crippen LogP contribution in [-0.2, 0) is 0 Å². The molecular weight excluding hydrogens is 272 g/mol. The highest BCUT2D eigenvalue weighted by atomic mass is 32.1. The zero-order chi connectivity index (χ0) is 14.5. The maximum atomic E-state index is 5.51. The highest BCUT2D eigenvalue weighted by Gasteiger charge is 2.14. The molecule has 20 heavy (non-hydrogen) atoms. The molecule has 0 aliphatic carbocycles. The van der Waals surface area contributed by atoms with Crippen LogP contribution in [-0.4, -0.2) is 21.6 Å². The molecule has 0 saturated heterocycles. The summed E-state index contributed by atoms with van der Waals surface area (Å²) in [5.74, 6) is 1.19. The van der Waals surface area contributed by atoms with E-state index in [0.29, 0.717) is 18.4 Å². The normalized spacial score (nSPS) is 12.2. The largest absolute Gasteiger partial charge is 0.478 e. The van der Waals surface area contributed by atoms with Gasteiger partial charge in [0, 0.05) is 17.1 Å². The van der Waals surface area contributed by atoms with Crippen molar-refractivity contribution in [3.63, 3.8) is 0 Å². The fourth-order valence-electron chi connectivity index (χ4n) is 1.91. The van der Waals surface area contributed by atoms with E-state index < -0.39 is 0 Å². The first-order chi connectivity index (χ1) is 9.60. The van der Waals surface area contributed by atoms with Crippen molar-refractivity contribution >= 4 is 17.3 Å². The Labute approximate surface area is 123 Å². The molecular formula is C14H20N4OS. The molecule has 0 aliphatic heterocycles. The van der Waals surface area contributed by atoms with Gasteiger partial charge in [0.15, 0.2) is 0 Å². The van der Waals surface area contributed by atoms with Crippen LogP contribution in [0.4, 0.5) is 5.95 Å². The highest BCUT2D eigenvalue weighted by Crippen LogP contribution is 2.26. The highest BCUT2D eigenvalue weighted by molar-refractivity contribution is 7.11. The molecule has 2 heterocycles. The van der Waals surface area contributed by atoms with Crippen molar-refractivity contribution in [2.45, 2.75) is 40.2 Å². The first-order valence-corrected chi connectivity index (χ1v) is 7.58. The monoisotopic (exact) mass is 292 g/mol. The molecule has 6 heteroatoms. The molecule has 2 aromatic heterocycles. The van der Waals surface area contributed by atoms with Crippen molar-refractivity contribution in [1.82, 2.24) is 15.0 Å². The Kier molecular flexibility index (Phi) is 4.89. The molecule has 1 unspecified atom stereocenters. The average molecular weight is 292 g/mol. The minimum Gasteiger partial charge on any atom is -0.478 e. The van der Waals surface area contributed by atoms with E-state index in [1.165, 1.54) is 4.88 Å². The van der Waals surface area contributed by atoms with Gasteiger partial charge in [0.05, 0.1) is 23.4 Å². The summed E-state index contributed by atoms with van der Waals surface area (Å²) in [6.45, 7) is 8.86. The summed E-state index contributed by atoms with van der Waals surface area (Å²) in [6, 6.07) is 1.90. The molecule has 0 saturated carbocycles. The third-order valence-corrected chi connectivity index (χ3v) is 4.02. The minimum absolute atomic E-state index is 0.127. The topological polar surface area (TPSA) is 59.9 Å². The maximum absolute atomic E-state index is 5.51. The molecule has 1 N–H and O–H groups in total. The van der Waals surface area contributed by atoms with Crippen molar-refractivity contribution in [2.24, 2.45) is 0 Å². The lowest BCUT2D eigenvalue weighted by Crippen LogP contribution is -2.10. The molecule has 1 atom stereocenters. The summed E-state index contributed by atoms with van der Waals surface area (Å²) in [6.07, 6.45) is 2.67. The zero-order valence-electron chi connectivity index (χ0n) is 12.3. The Morgan fingerprint density at radius 2 is 2.15 bits per heavy atom. The third-order valence-electron chi connectivity index (χ3n) is 2.76. The molecule has 0 amide bonds. The number of hydrogen-bond donors (Lipinski definition) is 1. The van der Waals surface area contributed by atoms with Gasteiger partial charge in [-0.1, -0.05) is 6.92 Å². The summed E-state index contributed by atoms with van der Waals surface area (Å²) < 4.78 is 5.51. The molecule has 2 aromatic rings. The molecule has 0 bridgehead atoms. The van der Waals surface area contributed by atoms with E-state index in [-0.39, 0.29) is 6.04 Å². The first kappa shape index (κ1) is 14.7. The molecule has 0 fully saturated rings. The second kappa shape index (κ2) is 6.65. The standard InChI is InChI=1S/C14H20N4OS/c1-5-8-19-12-6-7-15-14(18-12)17-10(3)13-9(2)16-11(4)20-13/h6-7,10H,5,8H2,1-4H3,(H,15,17,18). The lowest BCUT2D eigenvalue weighted by Gasteiger charge is -2.13. The second-order valence-corrected chi connectivity index (χ2v) is 5.85. The van der Waals surface area contributed by atoms with Gasteiger partial charge < -0.3 is 10.1 Å². The molecule has 0 spiro atoms. The third kappa shape index (κ3) is 3.66. The predicted molar refractivity (Wildman–Crippen MR) is 81.4 cm³/mol. The average Bonchev–Trinajstić information content (AvgIpc) is 2.76. The number of aromatic nitrogens is 3. The van der Waals surface area contributed by atoms with Gasteiger partial charge in [0.25, 0.3) is 0 Å². The lowest BCUT2D eigenvalue weighted by molar-refractivity contribution is 0.305. The SMILES string of the molecule is CCCOc1ccnc(NC(C)c2sc(C)nc2C)n1. The predicted octanol–water partition coefficient (Wildman–Crippen LogP) is 3.51. The summed E-state index contributed by atoms with van der Waals surface area (Å²) in [4.78, 5) is 14.2. The molecule has 108 valence electrons. The van der Waals surface area contributed by atoms with Gasteiger partial charge in [0.1, 0.15) is 0 Å². The van der Waals surface area contributed by atoms with Crippen LogP contribution in [0.15, 0.2) is 12.3 Å². The van der Waals surface area contributed by atoms with E-state index in [4.69, 9.17) is 4.74 Å². The first-order valence-electron chi connectivity index (χ1n) is 6.76. The Morgan fingerprint density at radius 3 is 2.80 bits per heavy atom. The van der Waals surface area contributed by atoms with Crippen molar-refractivity contribution in [1.29, 1.82) is 0 Å². The Morgan fingerprint density at radius 1 is 1.35 bits per heavy atom. The number of nitrogens with one attached hydrogen (secondary N) is 1. The summed E-state index contributed by atoms with van der Waals surface area (Å²) in [7, 11) is 0. The minimum atomic E-state index is 0.127. The Hall–Kier alpha value is -1.69. The van der Waals surface area contributed by atoms with Crippen molar-refractivity contribution < 1.29 is 4.74 Å². The zero-order valence-corrected chi connectivity index (χ0v) is 13.1. The van der Waals surface area contributed by atoms with Gasteiger partial charge in [-0.15, -0.1) is 11.3 Å². The number of hydrogen-bond acceptors (Lipinski definition) is 6. The van der Waals surface area contributed by atoms with Crippen LogP contribution in [0.2, 0.25) is 0 Å². The van der Waals surface area contributed by atoms with Crippen LogP contribution in [0.1, 0.15) is 41.9 Å². The fourth-order valence-corrected chi connectivity index (χ4v) is 2.84. The van der Waals surface area contributed by atoms with Gasteiger partial charge in [0.2, 0.25) is 11.8 Å². The molecule has 0 aliphatic rings. The molecule has 0 radical (unpaired) electrons. The van der Waals surface area contributed by atoms with Gasteiger partial charge >= 0.3 is 0 Å². The van der Waals surface area contributed by atoms with E-state index in [9.17, 15) is 0 Å². The Bertz CT molecular complexity index is 570. The van der Waals surface area contributed by atoms with Crippen LogP contribution >= 0.6 is 11.3 Å². The smallest absolute Gasteiger partial charge is 0.226 e. The van der Waals surface area contributed by atoms with Gasteiger partial charge in [-0.05, 0) is 27.2 Å². The van der Waals surface area contributed by atoms with E-state index in [1.807, 2.05) is 13.8 Å². The van der Waals surface area contributed by atoms with Gasteiger partial charge in [-0.25, -0.2) is 9.97 Å². The molecule has 2 rings (SSSR count). The van der Waals surface area contributed by atoms with Crippen molar-refractivity contribution in [3.8, 4) is 5.88 Å². The summed E-state index contributed by atoms with van der Waals surface area (Å²) in [5, 5.41) is 4.37. The number of anilines is 1. The summed E-state index contributed by atoms with van der Waals surface area (Å²) >= 11 is 1.70. The van der Waals surface area contributed by atoms with Crippen molar-refractivity contribution in [3.05, 3.63) is 27.8 Å². The van der Waals surface area contributed by atoms with Gasteiger partial charge in [-0.3, -0.25) is 0 Å². The van der Waals surface area contributed by atoms with Crippen molar-refractivity contribution in [2.75, 3.05) is 11.9 Å². The molecule has 5 nitrogen and oxygen atoms in total. The number of ether oxygens (including phenoxy) is 1. The van der Waals surface area contributed by atoms with E-state index in [0.717, 1.165) is 17.1 Å². The second-order valence-electron chi connectivity index (χ2n) is 4.62. The van der Waals surface area contributed by atoms with E-state index >= 15 is 0 Å². The van der Waals surface area contributed by atoms with Gasteiger partial charge in [-0.2, -0.15) is 4.98 Å². The number of rotatable bonds is 6. The van der Waals surface area contributed by atoms with E-state index in [2.05, 4.69) is 34.1 Å². The summed E-state index contributed by atoms with van der Waals surface area (Å²) in [5.41, 5.74) is 1.06. The number of nitrogens with zero attached hydrogens (tertiary/aromatic N) is 3. The van der Waals surface area contributed by atoms with Crippen LogP contribution in [0.25, 0.3) is 0 Å². The van der Waals surface area contributed by atoms with Crippen LogP contribution in [0, 0.1) is 13.8 Å². The fraction of sp³-hybridized carbons (Fsp3) is 0.500. The van der Waals surface area contributed by atoms with E-state index in [1.54, 1.807) is 23.6 Å². The van der Waals surface area contributed by atoms with Crippen LogP contribution < -0.4 is 10.1 Å². The van der Waals surface area contributed by atoms with Crippen LogP contribution in [0.3, 0.4) is 0 Å². The molecule has 0 aromatic carbocycles. The quantitative estimate of drug-likeness (QED) is 0.882. The lowest BCUT2D eigenvalue weighted by atomic mass is 10.2. The maximum Gasteiger partial charge on any atom is 0.226 e.